The summed E-state index contributed by atoms with van der Waals surface area (Å²) in [7, 11) is 1.84. The summed E-state index contributed by atoms with van der Waals surface area (Å²) >= 11 is 0. The van der Waals surface area contributed by atoms with Crippen LogP contribution in [-0.4, -0.2) is 38.4 Å². The molecule has 0 aliphatic heterocycles. The van der Waals surface area contributed by atoms with E-state index in [1.807, 2.05) is 48.5 Å². The molecule has 4 rings (SSSR count). The van der Waals surface area contributed by atoms with Crippen LogP contribution in [0.1, 0.15) is 23.2 Å². The predicted molar refractivity (Wildman–Crippen MR) is 102 cm³/mol. The number of amides is 1. The van der Waals surface area contributed by atoms with Gasteiger partial charge in [0.1, 0.15) is 11.4 Å². The number of primary amides is 1. The lowest BCUT2D eigenvalue weighted by molar-refractivity contribution is 0.100. The van der Waals surface area contributed by atoms with E-state index in [0.29, 0.717) is 11.8 Å². The average Bonchev–Trinajstić information content (AvgIpc) is 3.19. The Labute approximate surface area is 156 Å². The number of nitrogens with two attached hydrogens (primary N) is 2. The summed E-state index contributed by atoms with van der Waals surface area (Å²) in [5.41, 5.74) is 13.1. The van der Waals surface area contributed by atoms with Crippen molar-refractivity contribution in [3.05, 3.63) is 54.5 Å². The third-order valence-electron chi connectivity index (χ3n) is 4.65. The van der Waals surface area contributed by atoms with Crippen LogP contribution in [0.3, 0.4) is 0 Å². The van der Waals surface area contributed by atoms with Gasteiger partial charge in [0.25, 0.3) is 5.91 Å². The van der Waals surface area contributed by atoms with Gasteiger partial charge in [0.05, 0.1) is 11.4 Å². The van der Waals surface area contributed by atoms with E-state index in [1.54, 1.807) is 10.9 Å². The molecule has 1 amide bonds. The number of rotatable bonds is 6. The minimum atomic E-state index is -0.608. The van der Waals surface area contributed by atoms with Crippen LogP contribution in [0.2, 0.25) is 0 Å². The van der Waals surface area contributed by atoms with Gasteiger partial charge in [-0.25, -0.2) is 9.67 Å². The van der Waals surface area contributed by atoms with Gasteiger partial charge < -0.3 is 21.7 Å². The van der Waals surface area contributed by atoms with Crippen molar-refractivity contribution in [2.75, 3.05) is 17.3 Å². The molecule has 1 fully saturated rings. The lowest BCUT2D eigenvalue weighted by Crippen LogP contribution is -2.42. The molecule has 1 saturated carbocycles. The molecule has 1 aliphatic rings. The molecule has 2 aromatic heterocycles. The molecule has 1 aromatic carbocycles. The summed E-state index contributed by atoms with van der Waals surface area (Å²) in [4.78, 5) is 22.4. The maximum Gasteiger partial charge on any atom is 0.254 e. The molecule has 9 heteroatoms. The molecular weight excluding hydrogens is 344 g/mol. The third kappa shape index (κ3) is 3.32. The highest BCUT2D eigenvalue weighted by Crippen LogP contribution is 2.37. The highest BCUT2D eigenvalue weighted by Gasteiger charge is 2.43. The van der Waals surface area contributed by atoms with Crippen LogP contribution in [0.15, 0.2) is 48.9 Å². The Kier molecular flexibility index (Phi) is 4.00. The fourth-order valence-electron chi connectivity index (χ4n) is 2.76. The fourth-order valence-corrected chi connectivity index (χ4v) is 2.76. The van der Waals surface area contributed by atoms with E-state index in [-0.39, 0.29) is 5.56 Å². The van der Waals surface area contributed by atoms with Crippen molar-refractivity contribution in [3.8, 4) is 5.69 Å². The number of carbonyl (C=O) groups is 1. The molecule has 138 valence electrons. The largest absolute Gasteiger partial charge is 0.365 e. The Balaban J connectivity index is 1.68. The van der Waals surface area contributed by atoms with E-state index in [4.69, 9.17) is 11.5 Å². The molecular formula is C18H20N8O. The van der Waals surface area contributed by atoms with E-state index in [2.05, 4.69) is 20.4 Å². The van der Waals surface area contributed by atoms with E-state index < -0.39 is 11.6 Å². The monoisotopic (exact) mass is 364 g/mol. The number of hydrogen-bond acceptors (Lipinski definition) is 7. The lowest BCUT2D eigenvalue weighted by atomic mass is 10.2. The molecule has 27 heavy (non-hydrogen) atoms. The second kappa shape index (κ2) is 6.36. The molecule has 0 saturated heterocycles. The van der Waals surface area contributed by atoms with Crippen LogP contribution in [0.5, 0.6) is 0 Å². The SMILES string of the molecule is CN(c1ncc(C(N)=O)c(Nc2cccc(-n3cccn3)c2)n1)C1(N)CC1. The fraction of sp³-hybridized carbons (Fsp3) is 0.222. The maximum atomic E-state index is 11.8. The summed E-state index contributed by atoms with van der Waals surface area (Å²) < 4.78 is 1.74. The minimum absolute atomic E-state index is 0.207. The van der Waals surface area contributed by atoms with Crippen LogP contribution in [-0.2, 0) is 0 Å². The first-order valence-corrected chi connectivity index (χ1v) is 8.53. The normalized spacial score (nSPS) is 14.6. The summed E-state index contributed by atoms with van der Waals surface area (Å²) in [5, 5.41) is 7.38. The number of nitrogens with zero attached hydrogens (tertiary/aromatic N) is 5. The predicted octanol–water partition coefficient (Wildman–Crippen LogP) is 1.39. The molecule has 0 spiro atoms. The standard InChI is InChI=1S/C18H20N8O/c1-25(18(20)6-7-18)17-21-11-14(15(19)27)16(24-17)23-12-4-2-5-13(10-12)26-9-3-8-22-26/h2-5,8-11H,6-7,20H2,1H3,(H2,19,27)(H,21,23,24). The van der Waals surface area contributed by atoms with Gasteiger partial charge in [-0.1, -0.05) is 6.07 Å². The molecule has 0 atom stereocenters. The lowest BCUT2D eigenvalue weighted by Gasteiger charge is -2.25. The summed E-state index contributed by atoms with van der Waals surface area (Å²) in [6, 6.07) is 9.43. The molecule has 0 unspecified atom stereocenters. The van der Waals surface area contributed by atoms with Crippen molar-refractivity contribution >= 4 is 23.4 Å². The molecule has 2 heterocycles. The third-order valence-corrected chi connectivity index (χ3v) is 4.65. The number of benzene rings is 1. The van der Waals surface area contributed by atoms with Crippen LogP contribution in [0, 0.1) is 0 Å². The topological polar surface area (TPSA) is 128 Å². The van der Waals surface area contributed by atoms with Crippen molar-refractivity contribution in [2.24, 2.45) is 11.5 Å². The zero-order valence-corrected chi connectivity index (χ0v) is 14.8. The molecule has 9 nitrogen and oxygen atoms in total. The molecule has 5 N–H and O–H groups in total. The number of anilines is 3. The minimum Gasteiger partial charge on any atom is -0.365 e. The van der Waals surface area contributed by atoms with Gasteiger partial charge in [0.15, 0.2) is 0 Å². The van der Waals surface area contributed by atoms with Crippen molar-refractivity contribution in [2.45, 2.75) is 18.5 Å². The second-order valence-electron chi connectivity index (χ2n) is 6.59. The van der Waals surface area contributed by atoms with Crippen LogP contribution in [0.25, 0.3) is 5.69 Å². The van der Waals surface area contributed by atoms with Crippen LogP contribution in [0.4, 0.5) is 17.5 Å². The average molecular weight is 364 g/mol. The highest BCUT2D eigenvalue weighted by atomic mass is 16.1. The van der Waals surface area contributed by atoms with Crippen molar-refractivity contribution in [3.63, 3.8) is 0 Å². The number of aromatic nitrogens is 4. The number of carbonyl (C=O) groups excluding carboxylic acids is 1. The van der Waals surface area contributed by atoms with Gasteiger partial charge in [-0.15, -0.1) is 0 Å². The quantitative estimate of drug-likeness (QED) is 0.564. The first-order chi connectivity index (χ1) is 13.0. The van der Waals surface area contributed by atoms with E-state index in [1.165, 1.54) is 6.20 Å². The Hall–Kier alpha value is -3.46. The molecule has 3 aromatic rings. The Bertz CT molecular complexity index is 981. The highest BCUT2D eigenvalue weighted by molar-refractivity contribution is 5.98. The number of hydrogen-bond donors (Lipinski definition) is 3. The number of nitrogens with one attached hydrogen (secondary N) is 1. The second-order valence-corrected chi connectivity index (χ2v) is 6.59. The molecule has 0 bridgehead atoms. The smallest absolute Gasteiger partial charge is 0.254 e. The first kappa shape index (κ1) is 17.0. The first-order valence-electron chi connectivity index (χ1n) is 8.53. The maximum absolute atomic E-state index is 11.8. The van der Waals surface area contributed by atoms with Gasteiger partial charge in [-0.05, 0) is 37.1 Å². The van der Waals surface area contributed by atoms with Gasteiger partial charge in [0, 0.05) is 31.3 Å². The molecule has 0 radical (unpaired) electrons. The molecule has 1 aliphatic carbocycles. The Morgan fingerprint density at radius 3 is 2.81 bits per heavy atom. The van der Waals surface area contributed by atoms with Gasteiger partial charge in [0.2, 0.25) is 5.95 Å². The zero-order valence-electron chi connectivity index (χ0n) is 14.8. The summed E-state index contributed by atoms with van der Waals surface area (Å²) in [5.74, 6) is 0.163. The van der Waals surface area contributed by atoms with E-state index >= 15 is 0 Å². The van der Waals surface area contributed by atoms with Gasteiger partial charge >= 0.3 is 0 Å². The van der Waals surface area contributed by atoms with Gasteiger partial charge in [-0.3, -0.25) is 4.79 Å². The Morgan fingerprint density at radius 2 is 2.15 bits per heavy atom. The van der Waals surface area contributed by atoms with Crippen molar-refractivity contribution < 1.29 is 4.79 Å². The van der Waals surface area contributed by atoms with Gasteiger partial charge in [-0.2, -0.15) is 10.1 Å². The summed E-state index contributed by atoms with van der Waals surface area (Å²) in [6.45, 7) is 0. The zero-order chi connectivity index (χ0) is 19.0. The van der Waals surface area contributed by atoms with E-state index in [9.17, 15) is 4.79 Å². The van der Waals surface area contributed by atoms with E-state index in [0.717, 1.165) is 24.2 Å². The van der Waals surface area contributed by atoms with Crippen molar-refractivity contribution in [1.82, 2.24) is 19.7 Å². The van der Waals surface area contributed by atoms with Crippen molar-refractivity contribution in [1.29, 1.82) is 0 Å². The summed E-state index contributed by atoms with van der Waals surface area (Å²) in [6.07, 6.45) is 6.73. The van der Waals surface area contributed by atoms with Crippen LogP contribution >= 0.6 is 0 Å². The van der Waals surface area contributed by atoms with Crippen LogP contribution < -0.4 is 21.7 Å². The Morgan fingerprint density at radius 1 is 1.33 bits per heavy atom.